The number of aromatic nitrogens is 2. The minimum atomic E-state index is -0.629. The van der Waals surface area contributed by atoms with Crippen LogP contribution in [-0.4, -0.2) is 9.97 Å². The topological polar surface area (TPSA) is 63.8 Å². The predicted molar refractivity (Wildman–Crippen MR) is 60.1 cm³/mol. The summed E-state index contributed by atoms with van der Waals surface area (Å²) in [7, 11) is 0. The minimum absolute atomic E-state index is 0.0394. The van der Waals surface area contributed by atoms with Gasteiger partial charge in [0.05, 0.1) is 6.20 Å². The molecule has 0 aliphatic rings. The van der Waals surface area contributed by atoms with Gasteiger partial charge in [-0.2, -0.15) is 4.98 Å². The minimum Gasteiger partial charge on any atom is -0.368 e. The molecule has 0 aliphatic heterocycles. The van der Waals surface area contributed by atoms with Crippen molar-refractivity contribution in [1.82, 2.24) is 9.97 Å². The zero-order valence-electron chi connectivity index (χ0n) is 8.82. The van der Waals surface area contributed by atoms with E-state index in [-0.39, 0.29) is 24.1 Å². The molecule has 88 valence electrons. The highest BCUT2D eigenvalue weighted by molar-refractivity contribution is 5.40. The van der Waals surface area contributed by atoms with E-state index in [0.717, 1.165) is 6.20 Å². The summed E-state index contributed by atoms with van der Waals surface area (Å²) in [5.41, 5.74) is 5.74. The van der Waals surface area contributed by atoms with E-state index in [9.17, 15) is 8.78 Å². The van der Waals surface area contributed by atoms with Crippen LogP contribution in [0, 0.1) is 11.6 Å². The van der Waals surface area contributed by atoms with Crippen LogP contribution in [0.3, 0.4) is 0 Å². The summed E-state index contributed by atoms with van der Waals surface area (Å²) < 4.78 is 26.5. The standard InChI is InChI=1S/C11H10F2N4/c12-8-4-2-1-3-7(8)5-15-10-9(13)6-16-11(14)17-10/h1-4,6H,5H2,(H3,14,15,16,17). The van der Waals surface area contributed by atoms with E-state index in [1.54, 1.807) is 18.2 Å². The number of hydrogen-bond donors (Lipinski definition) is 2. The molecule has 0 saturated carbocycles. The van der Waals surface area contributed by atoms with Gasteiger partial charge in [0.1, 0.15) is 5.82 Å². The Hall–Kier alpha value is -2.24. The first-order chi connectivity index (χ1) is 8.16. The molecule has 0 spiro atoms. The number of hydrogen-bond acceptors (Lipinski definition) is 4. The second kappa shape index (κ2) is 4.73. The van der Waals surface area contributed by atoms with Gasteiger partial charge < -0.3 is 11.1 Å². The molecule has 4 nitrogen and oxygen atoms in total. The number of nitrogens with two attached hydrogens (primary N) is 1. The molecule has 0 radical (unpaired) electrons. The Kier molecular flexibility index (Phi) is 3.13. The number of rotatable bonds is 3. The first-order valence-electron chi connectivity index (χ1n) is 4.92. The third-order valence-corrected chi connectivity index (χ3v) is 2.17. The first kappa shape index (κ1) is 11.3. The lowest BCUT2D eigenvalue weighted by Crippen LogP contribution is -2.07. The number of nitrogen functional groups attached to an aromatic ring is 1. The summed E-state index contributed by atoms with van der Waals surface area (Å²) in [5.74, 6) is -1.07. The normalized spacial score (nSPS) is 10.2. The number of nitrogens with one attached hydrogen (secondary N) is 1. The maximum absolute atomic E-state index is 13.3. The highest BCUT2D eigenvalue weighted by atomic mass is 19.1. The molecule has 17 heavy (non-hydrogen) atoms. The van der Waals surface area contributed by atoms with E-state index in [0.29, 0.717) is 5.56 Å². The van der Waals surface area contributed by atoms with Crippen LogP contribution in [-0.2, 0) is 6.54 Å². The van der Waals surface area contributed by atoms with Crippen LogP contribution in [0.2, 0.25) is 0 Å². The fraction of sp³-hybridized carbons (Fsp3) is 0.0909. The Morgan fingerprint density at radius 3 is 2.71 bits per heavy atom. The van der Waals surface area contributed by atoms with E-state index in [2.05, 4.69) is 15.3 Å². The summed E-state index contributed by atoms with van der Waals surface area (Å²) in [4.78, 5) is 7.17. The van der Waals surface area contributed by atoms with Gasteiger partial charge in [-0.1, -0.05) is 18.2 Å². The van der Waals surface area contributed by atoms with Crippen LogP contribution in [0.4, 0.5) is 20.5 Å². The summed E-state index contributed by atoms with van der Waals surface area (Å²) in [6.07, 6.45) is 0.964. The third-order valence-electron chi connectivity index (χ3n) is 2.17. The monoisotopic (exact) mass is 236 g/mol. The molecule has 3 N–H and O–H groups in total. The highest BCUT2D eigenvalue weighted by Crippen LogP contribution is 2.13. The highest BCUT2D eigenvalue weighted by Gasteiger charge is 2.06. The third kappa shape index (κ3) is 2.66. The molecule has 2 rings (SSSR count). The van der Waals surface area contributed by atoms with Crippen LogP contribution in [0.1, 0.15) is 5.56 Å². The van der Waals surface area contributed by atoms with Crippen molar-refractivity contribution < 1.29 is 8.78 Å². The molecule has 0 atom stereocenters. The van der Waals surface area contributed by atoms with Gasteiger partial charge in [0, 0.05) is 12.1 Å². The van der Waals surface area contributed by atoms with Crippen molar-refractivity contribution >= 4 is 11.8 Å². The van der Waals surface area contributed by atoms with Gasteiger partial charge in [0.2, 0.25) is 5.95 Å². The summed E-state index contributed by atoms with van der Waals surface area (Å²) in [6, 6.07) is 6.22. The quantitative estimate of drug-likeness (QED) is 0.854. The van der Waals surface area contributed by atoms with Crippen molar-refractivity contribution in [2.24, 2.45) is 0 Å². The van der Waals surface area contributed by atoms with Crippen LogP contribution >= 0.6 is 0 Å². The number of nitrogens with zero attached hydrogens (tertiary/aromatic N) is 2. The van der Waals surface area contributed by atoms with Crippen molar-refractivity contribution in [3.63, 3.8) is 0 Å². The van der Waals surface area contributed by atoms with Crippen LogP contribution in [0.5, 0.6) is 0 Å². The van der Waals surface area contributed by atoms with Crippen molar-refractivity contribution in [3.8, 4) is 0 Å². The molecule has 0 aliphatic carbocycles. The van der Waals surface area contributed by atoms with Crippen molar-refractivity contribution in [2.75, 3.05) is 11.1 Å². The zero-order valence-corrected chi connectivity index (χ0v) is 8.82. The molecule has 6 heteroatoms. The molecule has 1 heterocycles. The van der Waals surface area contributed by atoms with E-state index >= 15 is 0 Å². The Labute approximate surface area is 96.5 Å². The molecule has 2 aromatic rings. The fourth-order valence-electron chi connectivity index (χ4n) is 1.33. The van der Waals surface area contributed by atoms with E-state index in [1.165, 1.54) is 6.07 Å². The molecule has 0 saturated heterocycles. The fourth-order valence-corrected chi connectivity index (χ4v) is 1.33. The number of benzene rings is 1. The lowest BCUT2D eigenvalue weighted by Gasteiger charge is -2.07. The Morgan fingerprint density at radius 2 is 1.94 bits per heavy atom. The van der Waals surface area contributed by atoms with Gasteiger partial charge in [-0.25, -0.2) is 13.8 Å². The van der Waals surface area contributed by atoms with Gasteiger partial charge in [0.15, 0.2) is 11.6 Å². The maximum Gasteiger partial charge on any atom is 0.222 e. The SMILES string of the molecule is Nc1ncc(F)c(NCc2ccccc2F)n1. The van der Waals surface area contributed by atoms with E-state index < -0.39 is 5.82 Å². The maximum atomic E-state index is 13.3. The molecule has 0 amide bonds. The van der Waals surface area contributed by atoms with Crippen molar-refractivity contribution in [1.29, 1.82) is 0 Å². The average Bonchev–Trinajstić information content (AvgIpc) is 2.32. The van der Waals surface area contributed by atoms with Crippen LogP contribution in [0.25, 0.3) is 0 Å². The summed E-state index contributed by atoms with van der Waals surface area (Å²) in [5, 5.41) is 2.66. The average molecular weight is 236 g/mol. The Morgan fingerprint density at radius 1 is 1.18 bits per heavy atom. The van der Waals surface area contributed by atoms with Gasteiger partial charge in [-0.15, -0.1) is 0 Å². The first-order valence-corrected chi connectivity index (χ1v) is 4.92. The molecule has 1 aromatic heterocycles. The number of anilines is 2. The van der Waals surface area contributed by atoms with Crippen LogP contribution < -0.4 is 11.1 Å². The second-order valence-corrected chi connectivity index (χ2v) is 3.37. The van der Waals surface area contributed by atoms with Crippen LogP contribution in [0.15, 0.2) is 30.5 Å². The van der Waals surface area contributed by atoms with Gasteiger partial charge >= 0.3 is 0 Å². The van der Waals surface area contributed by atoms with E-state index in [1.807, 2.05) is 0 Å². The zero-order chi connectivity index (χ0) is 12.3. The molecule has 0 bridgehead atoms. The lowest BCUT2D eigenvalue weighted by molar-refractivity contribution is 0.607. The second-order valence-electron chi connectivity index (χ2n) is 3.37. The molecular weight excluding hydrogens is 226 g/mol. The summed E-state index contributed by atoms with van der Waals surface area (Å²) in [6.45, 7) is 0.125. The Bertz CT molecular complexity index is 531. The van der Waals surface area contributed by atoms with E-state index in [4.69, 9.17) is 5.73 Å². The van der Waals surface area contributed by atoms with Gasteiger partial charge in [0.25, 0.3) is 0 Å². The van der Waals surface area contributed by atoms with Gasteiger partial charge in [-0.3, -0.25) is 0 Å². The van der Waals surface area contributed by atoms with Crippen molar-refractivity contribution in [3.05, 3.63) is 47.7 Å². The largest absolute Gasteiger partial charge is 0.368 e. The molecular formula is C11H10F2N4. The Balaban J connectivity index is 2.12. The van der Waals surface area contributed by atoms with Gasteiger partial charge in [-0.05, 0) is 6.07 Å². The molecule has 1 aromatic carbocycles. The molecule has 0 fully saturated rings. The smallest absolute Gasteiger partial charge is 0.222 e. The lowest BCUT2D eigenvalue weighted by atomic mass is 10.2. The molecule has 0 unspecified atom stereocenters. The predicted octanol–water partition coefficient (Wildman–Crippen LogP) is 1.95. The summed E-state index contributed by atoms with van der Waals surface area (Å²) >= 11 is 0. The number of halogens is 2. The van der Waals surface area contributed by atoms with Crippen molar-refractivity contribution in [2.45, 2.75) is 6.54 Å².